The van der Waals surface area contributed by atoms with Gasteiger partial charge in [0.15, 0.2) is 11.5 Å². The molecular formula is C27H33N3O3S. The Hall–Kier alpha value is -3.03. The van der Waals surface area contributed by atoms with E-state index in [4.69, 9.17) is 9.47 Å². The van der Waals surface area contributed by atoms with Crippen LogP contribution in [0.5, 0.6) is 11.5 Å². The second kappa shape index (κ2) is 11.4. The third-order valence-corrected chi connectivity index (χ3v) is 7.28. The average molecular weight is 480 g/mol. The summed E-state index contributed by atoms with van der Waals surface area (Å²) in [5.41, 5.74) is 2.16. The summed E-state index contributed by atoms with van der Waals surface area (Å²) in [6.07, 6.45) is 0.295. The molecule has 1 saturated heterocycles. The van der Waals surface area contributed by atoms with Crippen LogP contribution in [0.1, 0.15) is 23.4 Å². The van der Waals surface area contributed by atoms with Gasteiger partial charge in [0.25, 0.3) is 0 Å². The highest BCUT2D eigenvalue weighted by molar-refractivity contribution is 7.10. The molecule has 1 aliphatic heterocycles. The van der Waals surface area contributed by atoms with E-state index in [0.717, 1.165) is 31.7 Å². The molecule has 0 bridgehead atoms. The molecule has 1 aromatic heterocycles. The SMILES string of the molecule is COc1ccc(CC(=O)N[C@H](C)[C@H](c2cccs2)N2CCN(c3ccccc3)CC2)cc1OC. The lowest BCUT2D eigenvalue weighted by molar-refractivity contribution is -0.121. The normalized spacial score (nSPS) is 16.0. The minimum atomic E-state index is -0.0189. The number of anilines is 1. The standard InChI is InChI=1S/C27H33N3O3S/c1-20(28-26(31)19-21-11-12-23(32-2)24(18-21)33-3)27(25-10-7-17-34-25)30-15-13-29(14-16-30)22-8-5-4-6-9-22/h4-12,17-18,20,27H,13-16,19H2,1-3H3,(H,28,31)/t20-,27-/m1/s1. The summed E-state index contributed by atoms with van der Waals surface area (Å²) in [5, 5.41) is 5.38. The highest BCUT2D eigenvalue weighted by Gasteiger charge is 2.31. The zero-order valence-corrected chi connectivity index (χ0v) is 20.9. The third kappa shape index (κ3) is 5.72. The number of nitrogens with zero attached hydrogens (tertiary/aromatic N) is 2. The van der Waals surface area contributed by atoms with Crippen molar-refractivity contribution < 1.29 is 14.3 Å². The lowest BCUT2D eigenvalue weighted by Crippen LogP contribution is -2.52. The molecule has 0 radical (unpaired) electrons. The van der Waals surface area contributed by atoms with Gasteiger partial charge < -0.3 is 19.7 Å². The number of nitrogens with one attached hydrogen (secondary N) is 1. The van der Waals surface area contributed by atoms with Gasteiger partial charge in [0.2, 0.25) is 5.91 Å². The highest BCUT2D eigenvalue weighted by atomic mass is 32.1. The van der Waals surface area contributed by atoms with Crippen LogP contribution in [0.4, 0.5) is 5.69 Å². The second-order valence-electron chi connectivity index (χ2n) is 8.54. The van der Waals surface area contributed by atoms with E-state index in [1.165, 1.54) is 10.6 Å². The number of methoxy groups -OCH3 is 2. The molecule has 2 aromatic carbocycles. The second-order valence-corrected chi connectivity index (χ2v) is 9.52. The smallest absolute Gasteiger partial charge is 0.224 e. The Labute approximate surface area is 206 Å². The molecule has 3 aromatic rings. The Morgan fingerprint density at radius 2 is 1.71 bits per heavy atom. The van der Waals surface area contributed by atoms with E-state index in [2.05, 4.69) is 69.9 Å². The van der Waals surface area contributed by atoms with Gasteiger partial charge in [-0.3, -0.25) is 9.69 Å². The van der Waals surface area contributed by atoms with E-state index in [0.29, 0.717) is 17.9 Å². The average Bonchev–Trinajstić information content (AvgIpc) is 3.39. The fraction of sp³-hybridized carbons (Fsp3) is 0.370. The fourth-order valence-electron chi connectivity index (χ4n) is 4.66. The first kappa shape index (κ1) is 24.1. The van der Waals surface area contributed by atoms with E-state index >= 15 is 0 Å². The lowest BCUT2D eigenvalue weighted by Gasteiger charge is -2.42. The fourth-order valence-corrected chi connectivity index (χ4v) is 5.62. The van der Waals surface area contributed by atoms with Crippen LogP contribution in [0.2, 0.25) is 0 Å². The van der Waals surface area contributed by atoms with Crippen LogP contribution in [0.3, 0.4) is 0 Å². The number of rotatable bonds is 9. The van der Waals surface area contributed by atoms with Gasteiger partial charge in [-0.05, 0) is 48.2 Å². The number of benzene rings is 2. The topological polar surface area (TPSA) is 54.0 Å². The number of thiophene rings is 1. The minimum absolute atomic E-state index is 0.00389. The molecule has 180 valence electrons. The van der Waals surface area contributed by atoms with Gasteiger partial charge in [0.1, 0.15) is 0 Å². The van der Waals surface area contributed by atoms with Gasteiger partial charge in [0.05, 0.1) is 26.7 Å². The number of hydrogen-bond acceptors (Lipinski definition) is 6. The van der Waals surface area contributed by atoms with Gasteiger partial charge in [-0.25, -0.2) is 0 Å². The maximum Gasteiger partial charge on any atom is 0.224 e. The van der Waals surface area contributed by atoms with E-state index in [1.54, 1.807) is 25.6 Å². The number of carbonyl (C=O) groups is 1. The molecule has 2 atom stereocenters. The molecule has 6 nitrogen and oxygen atoms in total. The van der Waals surface area contributed by atoms with Gasteiger partial charge in [0, 0.05) is 42.8 Å². The molecule has 0 spiro atoms. The van der Waals surface area contributed by atoms with E-state index in [1.807, 2.05) is 18.2 Å². The molecule has 34 heavy (non-hydrogen) atoms. The molecule has 1 aliphatic rings. The van der Waals surface area contributed by atoms with Gasteiger partial charge in [-0.15, -0.1) is 11.3 Å². The zero-order valence-electron chi connectivity index (χ0n) is 20.1. The van der Waals surface area contributed by atoms with Crippen molar-refractivity contribution >= 4 is 22.9 Å². The van der Waals surface area contributed by atoms with E-state index < -0.39 is 0 Å². The van der Waals surface area contributed by atoms with E-state index in [9.17, 15) is 4.79 Å². The molecule has 2 heterocycles. The monoisotopic (exact) mass is 479 g/mol. The van der Waals surface area contributed by atoms with Crippen molar-refractivity contribution in [2.75, 3.05) is 45.3 Å². The number of amides is 1. The summed E-state index contributed by atoms with van der Waals surface area (Å²) in [5.74, 6) is 1.30. The van der Waals surface area contributed by atoms with Crippen LogP contribution < -0.4 is 19.7 Å². The Kier molecular flexibility index (Phi) is 8.08. The predicted molar refractivity (Wildman–Crippen MR) is 138 cm³/mol. The van der Waals surface area contributed by atoms with Gasteiger partial charge in [-0.2, -0.15) is 0 Å². The van der Waals surface area contributed by atoms with Crippen molar-refractivity contribution in [2.45, 2.75) is 25.4 Å². The molecule has 1 N–H and O–H groups in total. The summed E-state index contributed by atoms with van der Waals surface area (Å²) < 4.78 is 10.7. The van der Waals surface area contributed by atoms with Crippen LogP contribution >= 0.6 is 11.3 Å². The highest BCUT2D eigenvalue weighted by Crippen LogP contribution is 2.31. The molecule has 0 aliphatic carbocycles. The van der Waals surface area contributed by atoms with Crippen molar-refractivity contribution in [1.29, 1.82) is 0 Å². The Morgan fingerprint density at radius 3 is 2.35 bits per heavy atom. The minimum Gasteiger partial charge on any atom is -0.493 e. The number of ether oxygens (including phenoxy) is 2. The van der Waals surface area contributed by atoms with Crippen molar-refractivity contribution in [1.82, 2.24) is 10.2 Å². The van der Waals surface area contributed by atoms with Crippen LogP contribution in [-0.4, -0.2) is 57.2 Å². The Bertz CT molecular complexity index is 1050. The van der Waals surface area contributed by atoms with Crippen molar-refractivity contribution in [2.24, 2.45) is 0 Å². The predicted octanol–water partition coefficient (Wildman–Crippen LogP) is 4.38. The maximum atomic E-state index is 13.0. The number of piperazine rings is 1. The van der Waals surface area contributed by atoms with Crippen LogP contribution in [0.15, 0.2) is 66.0 Å². The molecule has 4 rings (SSSR count). The zero-order chi connectivity index (χ0) is 23.9. The summed E-state index contributed by atoms with van der Waals surface area (Å²) >= 11 is 1.75. The maximum absolute atomic E-state index is 13.0. The van der Waals surface area contributed by atoms with Crippen LogP contribution in [0, 0.1) is 0 Å². The number of hydrogen-bond donors (Lipinski definition) is 1. The molecule has 1 amide bonds. The molecule has 1 fully saturated rings. The molecule has 0 saturated carbocycles. The lowest BCUT2D eigenvalue weighted by atomic mass is 10.0. The van der Waals surface area contributed by atoms with Gasteiger partial charge in [-0.1, -0.05) is 30.3 Å². The summed E-state index contributed by atoms with van der Waals surface area (Å²) in [6.45, 7) is 5.96. The first-order chi connectivity index (χ1) is 16.6. The number of carbonyl (C=O) groups excluding carboxylic acids is 1. The third-order valence-electron chi connectivity index (χ3n) is 6.34. The Balaban J connectivity index is 1.41. The molecule has 0 unspecified atom stereocenters. The van der Waals surface area contributed by atoms with Crippen LogP contribution in [-0.2, 0) is 11.2 Å². The summed E-state index contributed by atoms with van der Waals surface area (Å²) in [6, 6.07) is 20.6. The summed E-state index contributed by atoms with van der Waals surface area (Å²) in [4.78, 5) is 19.2. The van der Waals surface area contributed by atoms with Crippen molar-refractivity contribution in [3.63, 3.8) is 0 Å². The largest absolute Gasteiger partial charge is 0.493 e. The van der Waals surface area contributed by atoms with Crippen molar-refractivity contribution in [3.8, 4) is 11.5 Å². The van der Waals surface area contributed by atoms with Crippen LogP contribution in [0.25, 0.3) is 0 Å². The quantitative estimate of drug-likeness (QED) is 0.494. The summed E-state index contributed by atoms with van der Waals surface area (Å²) in [7, 11) is 3.21. The molecular weight excluding hydrogens is 446 g/mol. The first-order valence-electron chi connectivity index (χ1n) is 11.7. The number of para-hydroxylation sites is 1. The van der Waals surface area contributed by atoms with E-state index in [-0.39, 0.29) is 18.0 Å². The first-order valence-corrected chi connectivity index (χ1v) is 12.5. The Morgan fingerprint density at radius 1 is 0.971 bits per heavy atom. The van der Waals surface area contributed by atoms with Crippen molar-refractivity contribution in [3.05, 3.63) is 76.5 Å². The van der Waals surface area contributed by atoms with Gasteiger partial charge >= 0.3 is 0 Å². The molecule has 7 heteroatoms.